The third-order valence-electron chi connectivity index (χ3n) is 4.54. The van der Waals surface area contributed by atoms with Gasteiger partial charge in [0.1, 0.15) is 0 Å². The lowest BCUT2D eigenvalue weighted by molar-refractivity contribution is -0.139. The van der Waals surface area contributed by atoms with Gasteiger partial charge in [0.15, 0.2) is 0 Å². The van der Waals surface area contributed by atoms with Gasteiger partial charge in [-0.05, 0) is 31.0 Å². The van der Waals surface area contributed by atoms with E-state index in [0.717, 1.165) is 43.0 Å². The molecule has 3 rings (SSSR count). The summed E-state index contributed by atoms with van der Waals surface area (Å²) in [6.45, 7) is 1.44. The molecule has 1 amide bonds. The molecular formula is C18H22N4O3. The quantitative estimate of drug-likeness (QED) is 0.831. The summed E-state index contributed by atoms with van der Waals surface area (Å²) in [5.41, 5.74) is 2.51. The first kappa shape index (κ1) is 17.1. The fourth-order valence-electron chi connectivity index (χ4n) is 3.10. The summed E-state index contributed by atoms with van der Waals surface area (Å²) < 4.78 is 4.66. The second-order valence-corrected chi connectivity index (χ2v) is 6.22. The molecule has 7 heteroatoms. The molecule has 2 aromatic rings. The van der Waals surface area contributed by atoms with Gasteiger partial charge in [-0.3, -0.25) is 19.7 Å². The van der Waals surface area contributed by atoms with E-state index in [0.29, 0.717) is 12.3 Å². The standard InChI is InChI=1S/C18H22N4O3/c1-25-18(24)12-15-10-16(21-20-15)13-5-8-22(9-6-13)17(23)11-14-4-2-3-7-19-14/h2-4,7,10,13H,5-6,8-9,11-12H2,1H3,(H,20,21). The van der Waals surface area contributed by atoms with E-state index in [1.165, 1.54) is 7.11 Å². The Morgan fingerprint density at radius 1 is 1.28 bits per heavy atom. The van der Waals surface area contributed by atoms with Crippen LogP contribution in [0.15, 0.2) is 30.5 Å². The fourth-order valence-corrected chi connectivity index (χ4v) is 3.10. The summed E-state index contributed by atoms with van der Waals surface area (Å²) in [7, 11) is 1.37. The number of aromatic nitrogens is 3. The van der Waals surface area contributed by atoms with Crippen molar-refractivity contribution in [2.45, 2.75) is 31.6 Å². The van der Waals surface area contributed by atoms with Crippen molar-refractivity contribution in [3.63, 3.8) is 0 Å². The highest BCUT2D eigenvalue weighted by molar-refractivity contribution is 5.78. The van der Waals surface area contributed by atoms with Crippen molar-refractivity contribution in [3.05, 3.63) is 47.5 Å². The van der Waals surface area contributed by atoms with Crippen molar-refractivity contribution in [2.24, 2.45) is 0 Å². The molecule has 1 aliphatic heterocycles. The Kier molecular flexibility index (Phi) is 5.42. The third kappa shape index (κ3) is 4.43. The first-order chi connectivity index (χ1) is 12.2. The van der Waals surface area contributed by atoms with Crippen LogP contribution in [0.4, 0.5) is 0 Å². The summed E-state index contributed by atoms with van der Waals surface area (Å²) in [6.07, 6.45) is 3.99. The molecule has 1 saturated heterocycles. The van der Waals surface area contributed by atoms with E-state index in [-0.39, 0.29) is 18.3 Å². The number of pyridine rings is 1. The van der Waals surface area contributed by atoms with Crippen LogP contribution in [0.3, 0.4) is 0 Å². The number of rotatable bonds is 5. The highest BCUT2D eigenvalue weighted by Crippen LogP contribution is 2.27. The molecule has 0 spiro atoms. The van der Waals surface area contributed by atoms with E-state index in [1.54, 1.807) is 6.20 Å². The van der Waals surface area contributed by atoms with Gasteiger partial charge in [0, 0.05) is 36.6 Å². The van der Waals surface area contributed by atoms with Crippen molar-refractivity contribution in [3.8, 4) is 0 Å². The van der Waals surface area contributed by atoms with Crippen LogP contribution in [0, 0.1) is 0 Å². The predicted molar refractivity (Wildman–Crippen MR) is 90.8 cm³/mol. The Morgan fingerprint density at radius 3 is 2.76 bits per heavy atom. The van der Waals surface area contributed by atoms with Gasteiger partial charge >= 0.3 is 5.97 Å². The van der Waals surface area contributed by atoms with Crippen LogP contribution >= 0.6 is 0 Å². The highest BCUT2D eigenvalue weighted by Gasteiger charge is 2.25. The molecule has 132 valence electrons. The summed E-state index contributed by atoms with van der Waals surface area (Å²) in [5, 5.41) is 7.21. The minimum atomic E-state index is -0.287. The second-order valence-electron chi connectivity index (χ2n) is 6.22. The number of nitrogens with one attached hydrogen (secondary N) is 1. The maximum atomic E-state index is 12.4. The Hall–Kier alpha value is -2.70. The monoisotopic (exact) mass is 342 g/mol. The molecule has 0 atom stereocenters. The Labute approximate surface area is 146 Å². The SMILES string of the molecule is COC(=O)Cc1cc(C2CCN(C(=O)Cc3ccccn3)CC2)n[nH]1. The predicted octanol–water partition coefficient (Wildman–Crippen LogP) is 1.47. The van der Waals surface area contributed by atoms with Crippen LogP contribution in [0.2, 0.25) is 0 Å². The minimum Gasteiger partial charge on any atom is -0.469 e. The molecule has 25 heavy (non-hydrogen) atoms. The summed E-state index contributed by atoms with van der Waals surface area (Å²) in [5.74, 6) is 0.136. The maximum absolute atomic E-state index is 12.4. The molecule has 0 unspecified atom stereocenters. The molecule has 0 saturated carbocycles. The zero-order chi connectivity index (χ0) is 17.6. The van der Waals surface area contributed by atoms with Crippen LogP contribution in [-0.2, 0) is 27.2 Å². The van der Waals surface area contributed by atoms with Crippen LogP contribution in [0.1, 0.15) is 35.8 Å². The first-order valence-corrected chi connectivity index (χ1v) is 8.44. The Balaban J connectivity index is 1.51. The maximum Gasteiger partial charge on any atom is 0.311 e. The average Bonchev–Trinajstić information content (AvgIpc) is 3.11. The Morgan fingerprint density at radius 2 is 2.08 bits per heavy atom. The number of aromatic amines is 1. The van der Waals surface area contributed by atoms with Gasteiger partial charge in [0.2, 0.25) is 5.91 Å². The van der Waals surface area contributed by atoms with Crippen molar-refractivity contribution in [1.29, 1.82) is 0 Å². The molecule has 1 N–H and O–H groups in total. The van der Waals surface area contributed by atoms with E-state index in [2.05, 4.69) is 19.9 Å². The van der Waals surface area contributed by atoms with E-state index >= 15 is 0 Å². The molecule has 0 radical (unpaired) electrons. The first-order valence-electron chi connectivity index (χ1n) is 8.44. The number of piperidine rings is 1. The summed E-state index contributed by atoms with van der Waals surface area (Å²) >= 11 is 0. The van der Waals surface area contributed by atoms with Gasteiger partial charge in [0.05, 0.1) is 25.6 Å². The largest absolute Gasteiger partial charge is 0.469 e. The van der Waals surface area contributed by atoms with Gasteiger partial charge < -0.3 is 9.64 Å². The van der Waals surface area contributed by atoms with Crippen molar-refractivity contribution < 1.29 is 14.3 Å². The Bertz CT molecular complexity index is 721. The van der Waals surface area contributed by atoms with Crippen molar-refractivity contribution in [2.75, 3.05) is 20.2 Å². The average molecular weight is 342 g/mol. The van der Waals surface area contributed by atoms with Gasteiger partial charge in [0.25, 0.3) is 0 Å². The molecule has 1 aliphatic rings. The molecule has 3 heterocycles. The van der Waals surface area contributed by atoms with E-state index in [9.17, 15) is 9.59 Å². The van der Waals surface area contributed by atoms with E-state index in [1.807, 2.05) is 29.2 Å². The molecule has 7 nitrogen and oxygen atoms in total. The van der Waals surface area contributed by atoms with Crippen LogP contribution in [0.5, 0.6) is 0 Å². The van der Waals surface area contributed by atoms with Crippen molar-refractivity contribution >= 4 is 11.9 Å². The van der Waals surface area contributed by atoms with Crippen LogP contribution in [-0.4, -0.2) is 52.2 Å². The number of esters is 1. The van der Waals surface area contributed by atoms with Gasteiger partial charge in [-0.25, -0.2) is 0 Å². The normalized spacial score (nSPS) is 15.2. The molecule has 1 fully saturated rings. The molecule has 0 bridgehead atoms. The zero-order valence-corrected chi connectivity index (χ0v) is 14.3. The molecule has 2 aromatic heterocycles. The third-order valence-corrected chi connectivity index (χ3v) is 4.54. The number of carbonyl (C=O) groups is 2. The smallest absolute Gasteiger partial charge is 0.311 e. The molecule has 0 aliphatic carbocycles. The molecule has 0 aromatic carbocycles. The fraction of sp³-hybridized carbons (Fsp3) is 0.444. The van der Waals surface area contributed by atoms with Crippen LogP contribution < -0.4 is 0 Å². The second kappa shape index (κ2) is 7.92. The number of methoxy groups -OCH3 is 1. The number of carbonyl (C=O) groups excluding carboxylic acids is 2. The number of hydrogen-bond donors (Lipinski definition) is 1. The van der Waals surface area contributed by atoms with Crippen molar-refractivity contribution in [1.82, 2.24) is 20.1 Å². The number of ether oxygens (including phenoxy) is 1. The number of likely N-dealkylation sites (tertiary alicyclic amines) is 1. The lowest BCUT2D eigenvalue weighted by atomic mass is 9.93. The number of amides is 1. The summed E-state index contributed by atoms with van der Waals surface area (Å²) in [6, 6.07) is 7.54. The van der Waals surface area contributed by atoms with Crippen LogP contribution in [0.25, 0.3) is 0 Å². The lowest BCUT2D eigenvalue weighted by Gasteiger charge is -2.31. The van der Waals surface area contributed by atoms with E-state index < -0.39 is 0 Å². The number of hydrogen-bond acceptors (Lipinski definition) is 5. The van der Waals surface area contributed by atoms with Gasteiger partial charge in [-0.2, -0.15) is 5.10 Å². The topological polar surface area (TPSA) is 88.2 Å². The lowest BCUT2D eigenvalue weighted by Crippen LogP contribution is -2.39. The zero-order valence-electron chi connectivity index (χ0n) is 14.3. The van der Waals surface area contributed by atoms with Gasteiger partial charge in [-0.15, -0.1) is 0 Å². The highest BCUT2D eigenvalue weighted by atomic mass is 16.5. The summed E-state index contributed by atoms with van der Waals surface area (Å²) in [4.78, 5) is 29.8. The van der Waals surface area contributed by atoms with E-state index in [4.69, 9.17) is 0 Å². The number of nitrogens with zero attached hydrogens (tertiary/aromatic N) is 3. The molecular weight excluding hydrogens is 320 g/mol. The van der Waals surface area contributed by atoms with Gasteiger partial charge in [-0.1, -0.05) is 6.07 Å². The number of H-pyrrole nitrogens is 1. The minimum absolute atomic E-state index is 0.116.